The quantitative estimate of drug-likeness (QED) is 0.257. The molecule has 0 aliphatic carbocycles. The Balaban J connectivity index is 2.24. The van der Waals surface area contributed by atoms with Crippen LogP contribution in [0.25, 0.3) is 6.08 Å². The van der Waals surface area contributed by atoms with Crippen molar-refractivity contribution in [3.63, 3.8) is 0 Å². The highest BCUT2D eigenvalue weighted by atomic mass is 16.3. The van der Waals surface area contributed by atoms with Crippen molar-refractivity contribution in [3.05, 3.63) is 76.4 Å². The van der Waals surface area contributed by atoms with Crippen molar-refractivity contribution in [3.8, 4) is 23.0 Å². The molecule has 4 N–H and O–H groups in total. The number of hydrogen-bond donors (Lipinski definition) is 4. The Hall–Kier alpha value is -3.47. The molecule has 2 aromatic carbocycles. The lowest BCUT2D eigenvalue weighted by atomic mass is 9.98. The van der Waals surface area contributed by atoms with E-state index in [1.165, 1.54) is 29.9 Å². The summed E-state index contributed by atoms with van der Waals surface area (Å²) < 4.78 is 0. The number of ketones is 1. The van der Waals surface area contributed by atoms with E-state index in [0.29, 0.717) is 5.56 Å². The summed E-state index contributed by atoms with van der Waals surface area (Å²) in [7, 11) is 0. The monoisotopic (exact) mass is 408 g/mol. The lowest BCUT2D eigenvalue weighted by molar-refractivity contribution is 0.104. The summed E-state index contributed by atoms with van der Waals surface area (Å²) in [6.45, 7) is 6.06. The SMILES string of the molecule is CC(C)=CCC/C(C)=C/Cc1c(O)cc(O)c(C(=O)C=Cc2ccc(O)cc2)c1O. The zero-order valence-corrected chi connectivity index (χ0v) is 17.5. The topological polar surface area (TPSA) is 98.0 Å². The fourth-order valence-corrected chi connectivity index (χ4v) is 2.93. The highest BCUT2D eigenvalue weighted by molar-refractivity contribution is 6.10. The molecule has 5 heteroatoms. The van der Waals surface area contributed by atoms with Gasteiger partial charge < -0.3 is 20.4 Å². The van der Waals surface area contributed by atoms with Gasteiger partial charge in [-0.1, -0.05) is 41.5 Å². The first-order chi connectivity index (χ1) is 14.2. The van der Waals surface area contributed by atoms with E-state index in [2.05, 4.69) is 6.08 Å². The summed E-state index contributed by atoms with van der Waals surface area (Å²) in [6, 6.07) is 7.31. The summed E-state index contributed by atoms with van der Waals surface area (Å²) >= 11 is 0. The van der Waals surface area contributed by atoms with Crippen molar-refractivity contribution in [2.24, 2.45) is 0 Å². The minimum Gasteiger partial charge on any atom is -0.508 e. The van der Waals surface area contributed by atoms with Crippen LogP contribution in [-0.4, -0.2) is 26.2 Å². The van der Waals surface area contributed by atoms with Gasteiger partial charge in [-0.25, -0.2) is 0 Å². The molecule has 0 saturated heterocycles. The Morgan fingerprint density at radius 2 is 1.60 bits per heavy atom. The molecule has 0 aromatic heterocycles. The molecular weight excluding hydrogens is 380 g/mol. The molecule has 0 unspecified atom stereocenters. The molecule has 30 heavy (non-hydrogen) atoms. The Kier molecular flexibility index (Phi) is 7.87. The minimum absolute atomic E-state index is 0.112. The van der Waals surface area contributed by atoms with Gasteiger partial charge in [0.1, 0.15) is 28.6 Å². The third-order valence-electron chi connectivity index (χ3n) is 4.67. The van der Waals surface area contributed by atoms with Crippen LogP contribution in [0.4, 0.5) is 0 Å². The predicted molar refractivity (Wildman–Crippen MR) is 119 cm³/mol. The second-order valence-electron chi connectivity index (χ2n) is 7.48. The lowest BCUT2D eigenvalue weighted by Crippen LogP contribution is -1.99. The summed E-state index contributed by atoms with van der Waals surface area (Å²) in [5.41, 5.74) is 2.96. The molecule has 0 amide bonds. The van der Waals surface area contributed by atoms with Gasteiger partial charge in [0.05, 0.1) is 0 Å². The number of hydrogen-bond acceptors (Lipinski definition) is 5. The van der Waals surface area contributed by atoms with Crippen LogP contribution in [0.2, 0.25) is 0 Å². The highest BCUT2D eigenvalue weighted by Crippen LogP contribution is 2.38. The summed E-state index contributed by atoms with van der Waals surface area (Å²) in [5.74, 6) is -1.67. The third kappa shape index (κ3) is 6.27. The fourth-order valence-electron chi connectivity index (χ4n) is 2.93. The van der Waals surface area contributed by atoms with E-state index in [1.807, 2.05) is 26.8 Å². The molecule has 0 aliphatic rings. The zero-order chi connectivity index (χ0) is 22.3. The Labute approximate surface area is 177 Å². The molecule has 0 atom stereocenters. The lowest BCUT2D eigenvalue weighted by Gasteiger charge is -2.11. The summed E-state index contributed by atoms with van der Waals surface area (Å²) in [5, 5.41) is 40.2. The second kappa shape index (κ2) is 10.3. The van der Waals surface area contributed by atoms with Crippen molar-refractivity contribution in [2.45, 2.75) is 40.0 Å². The molecule has 5 nitrogen and oxygen atoms in total. The van der Waals surface area contributed by atoms with Crippen LogP contribution >= 0.6 is 0 Å². The summed E-state index contributed by atoms with van der Waals surface area (Å²) in [4.78, 5) is 12.6. The third-order valence-corrected chi connectivity index (χ3v) is 4.67. The molecule has 158 valence electrons. The first-order valence-electron chi connectivity index (χ1n) is 9.76. The average molecular weight is 408 g/mol. The van der Waals surface area contributed by atoms with E-state index >= 15 is 0 Å². The van der Waals surface area contributed by atoms with Gasteiger partial charge in [-0.3, -0.25) is 4.79 Å². The number of phenols is 4. The molecular formula is C25H28O5. The van der Waals surface area contributed by atoms with Gasteiger partial charge in [0.15, 0.2) is 5.78 Å². The maximum atomic E-state index is 12.6. The number of benzene rings is 2. The Bertz CT molecular complexity index is 991. The zero-order valence-electron chi connectivity index (χ0n) is 17.5. The van der Waals surface area contributed by atoms with E-state index < -0.39 is 17.3 Å². The van der Waals surface area contributed by atoms with Crippen molar-refractivity contribution >= 4 is 11.9 Å². The Morgan fingerprint density at radius 3 is 2.23 bits per heavy atom. The van der Waals surface area contributed by atoms with Crippen molar-refractivity contribution < 1.29 is 25.2 Å². The van der Waals surface area contributed by atoms with Gasteiger partial charge >= 0.3 is 0 Å². The van der Waals surface area contributed by atoms with Crippen LogP contribution in [0.3, 0.4) is 0 Å². The molecule has 2 aromatic rings. The molecule has 0 fully saturated rings. The highest BCUT2D eigenvalue weighted by Gasteiger charge is 2.20. The van der Waals surface area contributed by atoms with E-state index in [0.717, 1.165) is 24.5 Å². The number of rotatable bonds is 8. The van der Waals surface area contributed by atoms with Crippen LogP contribution in [0.1, 0.15) is 55.1 Å². The number of aromatic hydroxyl groups is 4. The minimum atomic E-state index is -0.594. The molecule has 0 heterocycles. The van der Waals surface area contributed by atoms with Gasteiger partial charge in [-0.2, -0.15) is 0 Å². The van der Waals surface area contributed by atoms with Crippen LogP contribution in [0.5, 0.6) is 23.0 Å². The van der Waals surface area contributed by atoms with E-state index in [9.17, 15) is 25.2 Å². The Morgan fingerprint density at radius 1 is 0.933 bits per heavy atom. The molecule has 0 spiro atoms. The first-order valence-corrected chi connectivity index (χ1v) is 9.76. The van der Waals surface area contributed by atoms with Crippen LogP contribution in [0.15, 0.2) is 59.7 Å². The first kappa shape index (κ1) is 22.8. The van der Waals surface area contributed by atoms with Crippen molar-refractivity contribution in [2.75, 3.05) is 0 Å². The van der Waals surface area contributed by atoms with Gasteiger partial charge in [0.2, 0.25) is 0 Å². The van der Waals surface area contributed by atoms with E-state index in [-0.39, 0.29) is 29.0 Å². The number of allylic oxidation sites excluding steroid dienone is 5. The fraction of sp³-hybridized carbons (Fsp3) is 0.240. The molecule has 0 bridgehead atoms. The number of carbonyl (C=O) groups is 1. The average Bonchev–Trinajstić information content (AvgIpc) is 2.66. The van der Waals surface area contributed by atoms with Gasteiger partial charge in [-0.15, -0.1) is 0 Å². The summed E-state index contributed by atoms with van der Waals surface area (Å²) in [6.07, 6.45) is 8.77. The van der Waals surface area contributed by atoms with Gasteiger partial charge in [-0.05, 0) is 63.8 Å². The molecule has 0 radical (unpaired) electrons. The smallest absolute Gasteiger partial charge is 0.193 e. The number of phenolic OH excluding ortho intramolecular Hbond substituents is 4. The van der Waals surface area contributed by atoms with Crippen LogP contribution in [0, 0.1) is 0 Å². The van der Waals surface area contributed by atoms with Crippen molar-refractivity contribution in [1.82, 2.24) is 0 Å². The second-order valence-corrected chi connectivity index (χ2v) is 7.48. The van der Waals surface area contributed by atoms with E-state index in [1.54, 1.807) is 12.1 Å². The van der Waals surface area contributed by atoms with Gasteiger partial charge in [0, 0.05) is 11.6 Å². The maximum absolute atomic E-state index is 12.6. The maximum Gasteiger partial charge on any atom is 0.193 e. The largest absolute Gasteiger partial charge is 0.508 e. The predicted octanol–water partition coefficient (Wildman–Crippen LogP) is 5.64. The molecule has 2 rings (SSSR count). The standard InChI is InChI=1S/C25H28O5/c1-16(2)5-4-6-17(3)7-13-20-22(28)15-23(29)24(25(20)30)21(27)14-10-18-8-11-19(26)12-9-18/h5,7-12,14-15,26,28-30H,4,6,13H2,1-3H3/b14-10?,17-7+. The molecule has 0 aliphatic heterocycles. The van der Waals surface area contributed by atoms with Gasteiger partial charge in [0.25, 0.3) is 0 Å². The van der Waals surface area contributed by atoms with Crippen molar-refractivity contribution in [1.29, 1.82) is 0 Å². The molecule has 0 saturated carbocycles. The normalized spacial score (nSPS) is 11.6. The van der Waals surface area contributed by atoms with Crippen LogP contribution < -0.4 is 0 Å². The number of carbonyl (C=O) groups excluding carboxylic acids is 1. The van der Waals surface area contributed by atoms with Crippen LogP contribution in [-0.2, 0) is 6.42 Å². The van der Waals surface area contributed by atoms with E-state index in [4.69, 9.17) is 0 Å².